The van der Waals surface area contributed by atoms with E-state index in [1.165, 1.54) is 12.8 Å². The predicted molar refractivity (Wildman–Crippen MR) is 72.9 cm³/mol. The molecule has 2 bridgehead atoms. The summed E-state index contributed by atoms with van der Waals surface area (Å²) in [4.78, 5) is 4.37. The van der Waals surface area contributed by atoms with E-state index in [4.69, 9.17) is 9.15 Å². The van der Waals surface area contributed by atoms with Gasteiger partial charge in [0.2, 0.25) is 0 Å². The Balaban J connectivity index is 1.74. The molecule has 0 aromatic carbocycles. The van der Waals surface area contributed by atoms with Crippen LogP contribution >= 0.6 is 0 Å². The van der Waals surface area contributed by atoms with Gasteiger partial charge in [-0.1, -0.05) is 20.8 Å². The summed E-state index contributed by atoms with van der Waals surface area (Å²) in [5.41, 5.74) is 1.50. The third kappa shape index (κ3) is 1.80. The second-order valence-corrected chi connectivity index (χ2v) is 6.85. The molecular weight excluding hydrogens is 240 g/mol. The number of rotatable bonds is 4. The number of hydrogen-bond acceptors (Lipinski definition) is 4. The number of fused-ring (bicyclic) bond motifs is 2. The first kappa shape index (κ1) is 13.0. The highest BCUT2D eigenvalue weighted by Gasteiger charge is 2.62. The normalized spacial score (nSPS) is 35.8. The van der Waals surface area contributed by atoms with Crippen LogP contribution in [0.1, 0.15) is 45.7 Å². The maximum absolute atomic E-state index is 6.07. The Kier molecular flexibility index (Phi) is 2.89. The van der Waals surface area contributed by atoms with Crippen molar-refractivity contribution in [1.82, 2.24) is 10.3 Å². The molecule has 1 heterocycles. The SMILES string of the molecule is CNCc1coc(OC2CC3CCC2(C)C3(C)C)n1. The van der Waals surface area contributed by atoms with Crippen molar-refractivity contribution in [3.63, 3.8) is 0 Å². The Bertz CT molecular complexity index is 468. The summed E-state index contributed by atoms with van der Waals surface area (Å²) in [6.45, 7) is 7.84. The quantitative estimate of drug-likeness (QED) is 0.908. The molecule has 0 aliphatic heterocycles. The average molecular weight is 264 g/mol. The summed E-state index contributed by atoms with van der Waals surface area (Å²) in [5.74, 6) is 0.772. The zero-order valence-electron chi connectivity index (χ0n) is 12.3. The molecule has 2 fully saturated rings. The van der Waals surface area contributed by atoms with E-state index in [1.807, 2.05) is 7.05 Å². The van der Waals surface area contributed by atoms with E-state index >= 15 is 0 Å². The van der Waals surface area contributed by atoms with Crippen molar-refractivity contribution in [1.29, 1.82) is 0 Å². The third-order valence-electron chi connectivity index (χ3n) is 5.85. The molecule has 4 nitrogen and oxygen atoms in total. The van der Waals surface area contributed by atoms with Crippen LogP contribution in [0.2, 0.25) is 0 Å². The molecule has 3 unspecified atom stereocenters. The molecule has 3 rings (SSSR count). The van der Waals surface area contributed by atoms with Crippen LogP contribution in [-0.4, -0.2) is 18.1 Å². The van der Waals surface area contributed by atoms with Crippen molar-refractivity contribution in [2.75, 3.05) is 7.05 Å². The number of nitrogens with one attached hydrogen (secondary N) is 1. The molecule has 1 N–H and O–H groups in total. The van der Waals surface area contributed by atoms with Gasteiger partial charge in [0.15, 0.2) is 0 Å². The van der Waals surface area contributed by atoms with Crippen LogP contribution in [0.5, 0.6) is 6.08 Å². The molecule has 2 saturated carbocycles. The van der Waals surface area contributed by atoms with E-state index in [-0.39, 0.29) is 11.5 Å². The van der Waals surface area contributed by atoms with Crippen molar-refractivity contribution in [3.05, 3.63) is 12.0 Å². The Hall–Kier alpha value is -1.03. The van der Waals surface area contributed by atoms with Gasteiger partial charge in [-0.15, -0.1) is 0 Å². The van der Waals surface area contributed by atoms with E-state index in [2.05, 4.69) is 31.1 Å². The Morgan fingerprint density at radius 1 is 1.47 bits per heavy atom. The molecule has 0 saturated heterocycles. The van der Waals surface area contributed by atoms with Crippen LogP contribution in [0.4, 0.5) is 0 Å². The lowest BCUT2D eigenvalue weighted by atomic mass is 9.70. The van der Waals surface area contributed by atoms with Gasteiger partial charge in [-0.2, -0.15) is 4.98 Å². The van der Waals surface area contributed by atoms with Gasteiger partial charge >= 0.3 is 6.08 Å². The summed E-state index contributed by atoms with van der Waals surface area (Å²) in [7, 11) is 1.90. The standard InChI is InChI=1S/C15H24N2O2/c1-14(2)10-5-6-15(14,3)12(7-10)19-13-17-11(8-16-4)9-18-13/h9-10,12,16H,5-8H2,1-4H3. The molecule has 0 radical (unpaired) electrons. The molecule has 2 aliphatic carbocycles. The van der Waals surface area contributed by atoms with Gasteiger partial charge in [-0.3, -0.25) is 0 Å². The molecule has 1 aromatic rings. The molecule has 106 valence electrons. The third-order valence-corrected chi connectivity index (χ3v) is 5.85. The fourth-order valence-corrected chi connectivity index (χ4v) is 4.04. The molecule has 2 aliphatic rings. The van der Waals surface area contributed by atoms with Crippen molar-refractivity contribution in [2.24, 2.45) is 16.7 Å². The van der Waals surface area contributed by atoms with Gasteiger partial charge < -0.3 is 14.5 Å². The maximum atomic E-state index is 6.07. The van der Waals surface area contributed by atoms with Gasteiger partial charge in [0.1, 0.15) is 12.4 Å². The van der Waals surface area contributed by atoms with Gasteiger partial charge in [0.05, 0.1) is 5.69 Å². The summed E-state index contributed by atoms with van der Waals surface area (Å²) in [5, 5.41) is 3.06. The number of nitrogens with zero attached hydrogens (tertiary/aromatic N) is 1. The maximum Gasteiger partial charge on any atom is 0.394 e. The molecular formula is C15H24N2O2. The highest BCUT2D eigenvalue weighted by molar-refractivity contribution is 5.13. The summed E-state index contributed by atoms with van der Waals surface area (Å²) < 4.78 is 11.5. The number of aromatic nitrogens is 1. The summed E-state index contributed by atoms with van der Waals surface area (Å²) in [6.07, 6.45) is 6.06. The topological polar surface area (TPSA) is 47.3 Å². The van der Waals surface area contributed by atoms with Crippen LogP contribution in [0.3, 0.4) is 0 Å². The van der Waals surface area contributed by atoms with E-state index < -0.39 is 0 Å². The number of oxazole rings is 1. The van der Waals surface area contributed by atoms with Crippen molar-refractivity contribution in [3.8, 4) is 6.08 Å². The van der Waals surface area contributed by atoms with Crippen LogP contribution in [0.15, 0.2) is 10.7 Å². The fraction of sp³-hybridized carbons (Fsp3) is 0.800. The minimum absolute atomic E-state index is 0.238. The van der Waals surface area contributed by atoms with E-state index in [0.29, 0.717) is 18.0 Å². The first-order valence-electron chi connectivity index (χ1n) is 7.23. The lowest BCUT2D eigenvalue weighted by Gasteiger charge is -2.38. The van der Waals surface area contributed by atoms with E-state index in [0.717, 1.165) is 18.0 Å². The van der Waals surface area contributed by atoms with Crippen LogP contribution in [0, 0.1) is 16.7 Å². The number of ether oxygens (including phenoxy) is 1. The van der Waals surface area contributed by atoms with Crippen molar-refractivity contribution in [2.45, 2.75) is 52.7 Å². The summed E-state index contributed by atoms with van der Waals surface area (Å²) in [6, 6.07) is 0. The zero-order chi connectivity index (χ0) is 13.7. The first-order valence-corrected chi connectivity index (χ1v) is 7.23. The number of hydrogen-bond donors (Lipinski definition) is 1. The molecule has 4 heteroatoms. The minimum atomic E-state index is 0.238. The van der Waals surface area contributed by atoms with Gasteiger partial charge in [-0.25, -0.2) is 0 Å². The second-order valence-electron chi connectivity index (χ2n) is 6.85. The molecule has 1 aromatic heterocycles. The lowest BCUT2D eigenvalue weighted by Crippen LogP contribution is -2.38. The molecule has 19 heavy (non-hydrogen) atoms. The smallest absolute Gasteiger partial charge is 0.394 e. The second kappa shape index (κ2) is 4.23. The Morgan fingerprint density at radius 3 is 2.84 bits per heavy atom. The minimum Gasteiger partial charge on any atom is -0.446 e. The Morgan fingerprint density at radius 2 is 2.26 bits per heavy atom. The van der Waals surface area contributed by atoms with Crippen molar-refractivity contribution < 1.29 is 9.15 Å². The largest absolute Gasteiger partial charge is 0.446 e. The highest BCUT2D eigenvalue weighted by Crippen LogP contribution is 2.66. The van der Waals surface area contributed by atoms with Crippen LogP contribution in [0.25, 0.3) is 0 Å². The molecule has 0 amide bonds. The lowest BCUT2D eigenvalue weighted by molar-refractivity contribution is 0.0118. The highest BCUT2D eigenvalue weighted by atomic mass is 16.6. The van der Waals surface area contributed by atoms with E-state index in [9.17, 15) is 0 Å². The van der Waals surface area contributed by atoms with Gasteiger partial charge in [0, 0.05) is 12.0 Å². The first-order chi connectivity index (χ1) is 8.97. The van der Waals surface area contributed by atoms with Crippen molar-refractivity contribution >= 4 is 0 Å². The van der Waals surface area contributed by atoms with E-state index in [1.54, 1.807) is 6.26 Å². The van der Waals surface area contributed by atoms with Gasteiger partial charge in [-0.05, 0) is 37.6 Å². The summed E-state index contributed by atoms with van der Waals surface area (Å²) >= 11 is 0. The van der Waals surface area contributed by atoms with Gasteiger partial charge in [0.25, 0.3) is 0 Å². The van der Waals surface area contributed by atoms with Crippen LogP contribution in [-0.2, 0) is 6.54 Å². The molecule has 3 atom stereocenters. The van der Waals surface area contributed by atoms with Crippen LogP contribution < -0.4 is 10.1 Å². The monoisotopic (exact) mass is 264 g/mol. The Labute approximate surface area is 114 Å². The predicted octanol–water partition coefficient (Wildman–Crippen LogP) is 2.99. The average Bonchev–Trinajstić information content (AvgIpc) is 2.92. The zero-order valence-corrected chi connectivity index (χ0v) is 12.3. The molecule has 0 spiro atoms. The fourth-order valence-electron chi connectivity index (χ4n) is 4.04.